The third-order valence-electron chi connectivity index (χ3n) is 1.95. The molecule has 5 heteroatoms. The largest absolute Gasteiger partial charge is 0.478 e. The van der Waals surface area contributed by atoms with Crippen molar-refractivity contribution in [2.24, 2.45) is 5.73 Å². The summed E-state index contributed by atoms with van der Waals surface area (Å²) in [6.45, 7) is 0. The molecule has 5 nitrogen and oxygen atoms in total. The van der Waals surface area contributed by atoms with Gasteiger partial charge in [0, 0.05) is 0 Å². The van der Waals surface area contributed by atoms with Gasteiger partial charge in [0.15, 0.2) is 0 Å². The second-order valence-electron chi connectivity index (χ2n) is 2.93. The van der Waals surface area contributed by atoms with Crippen LogP contribution >= 0.6 is 0 Å². The van der Waals surface area contributed by atoms with E-state index in [1.165, 1.54) is 25.3 Å². The smallest absolute Gasteiger partial charge is 0.335 e. The van der Waals surface area contributed by atoms with Crippen LogP contribution < -0.4 is 5.73 Å². The minimum absolute atomic E-state index is 0.0897. The molecule has 0 saturated carbocycles. The van der Waals surface area contributed by atoms with Gasteiger partial charge in [0.25, 0.3) is 0 Å². The third-order valence-corrected chi connectivity index (χ3v) is 1.95. The maximum atomic E-state index is 11.1. The number of rotatable bonds is 3. The fourth-order valence-electron chi connectivity index (χ4n) is 1.13. The summed E-state index contributed by atoms with van der Waals surface area (Å²) in [6, 6.07) is 4.93. The molecule has 1 unspecified atom stereocenters. The van der Waals surface area contributed by atoms with Crippen molar-refractivity contribution in [2.75, 3.05) is 7.11 Å². The molecule has 15 heavy (non-hydrogen) atoms. The number of carbonyl (C=O) groups excluding carboxylic acids is 1. The molecule has 3 N–H and O–H groups in total. The first kappa shape index (κ1) is 11.2. The van der Waals surface area contributed by atoms with Crippen LogP contribution in [-0.4, -0.2) is 24.2 Å². The molecule has 0 saturated heterocycles. The third kappa shape index (κ3) is 2.54. The number of nitrogens with two attached hydrogens (primary N) is 1. The molecule has 80 valence electrons. The Morgan fingerprint density at radius 3 is 2.67 bits per heavy atom. The highest BCUT2D eigenvalue weighted by molar-refractivity contribution is 5.88. The Morgan fingerprint density at radius 2 is 2.13 bits per heavy atom. The van der Waals surface area contributed by atoms with Crippen molar-refractivity contribution in [3.63, 3.8) is 0 Å². The molecule has 1 atom stereocenters. The van der Waals surface area contributed by atoms with Gasteiger partial charge in [-0.1, -0.05) is 12.1 Å². The maximum Gasteiger partial charge on any atom is 0.335 e. The van der Waals surface area contributed by atoms with Gasteiger partial charge in [0.2, 0.25) is 0 Å². The zero-order chi connectivity index (χ0) is 11.4. The molecular weight excluding hydrogens is 198 g/mol. The number of aromatic carboxylic acids is 1. The highest BCUT2D eigenvalue weighted by Gasteiger charge is 2.17. The lowest BCUT2D eigenvalue weighted by Gasteiger charge is -2.09. The van der Waals surface area contributed by atoms with Crippen molar-refractivity contribution in [3.05, 3.63) is 35.4 Å². The lowest BCUT2D eigenvalue weighted by Crippen LogP contribution is -2.22. The van der Waals surface area contributed by atoms with E-state index in [1.54, 1.807) is 6.07 Å². The highest BCUT2D eigenvalue weighted by Crippen LogP contribution is 2.13. The monoisotopic (exact) mass is 209 g/mol. The van der Waals surface area contributed by atoms with Crippen molar-refractivity contribution >= 4 is 11.9 Å². The molecule has 0 amide bonds. The van der Waals surface area contributed by atoms with Crippen LogP contribution in [-0.2, 0) is 9.53 Å². The van der Waals surface area contributed by atoms with Gasteiger partial charge in [-0.15, -0.1) is 0 Å². The van der Waals surface area contributed by atoms with E-state index in [0.29, 0.717) is 5.56 Å². The second kappa shape index (κ2) is 4.56. The van der Waals surface area contributed by atoms with Crippen molar-refractivity contribution in [1.82, 2.24) is 0 Å². The highest BCUT2D eigenvalue weighted by atomic mass is 16.5. The predicted octanol–water partition coefficient (Wildman–Crippen LogP) is 0.558. The van der Waals surface area contributed by atoms with E-state index in [1.807, 2.05) is 0 Å². The molecule has 0 aliphatic rings. The molecule has 0 aromatic heterocycles. The van der Waals surface area contributed by atoms with Crippen LogP contribution in [0.15, 0.2) is 24.3 Å². The first-order chi connectivity index (χ1) is 7.06. The van der Waals surface area contributed by atoms with E-state index >= 15 is 0 Å². The number of hydrogen-bond acceptors (Lipinski definition) is 4. The molecule has 0 fully saturated rings. The van der Waals surface area contributed by atoms with E-state index < -0.39 is 18.0 Å². The normalized spacial score (nSPS) is 11.9. The van der Waals surface area contributed by atoms with E-state index in [-0.39, 0.29) is 5.56 Å². The minimum Gasteiger partial charge on any atom is -0.478 e. The minimum atomic E-state index is -1.06. The zero-order valence-corrected chi connectivity index (χ0v) is 8.14. The number of esters is 1. The van der Waals surface area contributed by atoms with Crippen LogP contribution in [0.3, 0.4) is 0 Å². The summed E-state index contributed by atoms with van der Waals surface area (Å²) in [5, 5.41) is 8.73. The summed E-state index contributed by atoms with van der Waals surface area (Å²) in [5.41, 5.74) is 6.06. The van der Waals surface area contributed by atoms with Gasteiger partial charge < -0.3 is 15.6 Å². The molecular formula is C10H11NO4. The summed E-state index contributed by atoms with van der Waals surface area (Å²) >= 11 is 0. The molecule has 0 aliphatic carbocycles. The average molecular weight is 209 g/mol. The van der Waals surface area contributed by atoms with Crippen LogP contribution in [0.5, 0.6) is 0 Å². The Morgan fingerprint density at radius 1 is 1.47 bits per heavy atom. The van der Waals surface area contributed by atoms with E-state index in [4.69, 9.17) is 10.8 Å². The number of carboxylic acid groups (broad SMARTS) is 1. The van der Waals surface area contributed by atoms with Gasteiger partial charge in [-0.3, -0.25) is 4.79 Å². The van der Waals surface area contributed by atoms with Gasteiger partial charge in [0.05, 0.1) is 12.7 Å². The summed E-state index contributed by atoms with van der Waals surface area (Å²) in [7, 11) is 1.23. The second-order valence-corrected chi connectivity index (χ2v) is 2.93. The lowest BCUT2D eigenvalue weighted by atomic mass is 10.0. The maximum absolute atomic E-state index is 11.1. The van der Waals surface area contributed by atoms with Crippen LogP contribution in [0.1, 0.15) is 22.0 Å². The Hall–Kier alpha value is -1.88. The standard InChI is InChI=1S/C10H11NO4/c1-15-10(14)8(11)6-3-2-4-7(5-6)9(12)13/h2-5,8H,11H2,1H3,(H,12,13). The molecule has 0 aliphatic heterocycles. The number of ether oxygens (including phenoxy) is 1. The van der Waals surface area contributed by atoms with Gasteiger partial charge in [-0.2, -0.15) is 0 Å². The zero-order valence-electron chi connectivity index (χ0n) is 8.14. The SMILES string of the molecule is COC(=O)C(N)c1cccc(C(=O)O)c1. The summed E-state index contributed by atoms with van der Waals surface area (Å²) in [4.78, 5) is 21.8. The Labute approximate surface area is 86.5 Å². The van der Waals surface area contributed by atoms with Crippen LogP contribution in [0, 0.1) is 0 Å². The molecule has 0 heterocycles. The van der Waals surface area contributed by atoms with Crippen molar-refractivity contribution < 1.29 is 19.4 Å². The Bertz CT molecular complexity index is 389. The number of carboxylic acids is 1. The van der Waals surface area contributed by atoms with Crippen LogP contribution in [0.25, 0.3) is 0 Å². The van der Waals surface area contributed by atoms with Crippen LogP contribution in [0.4, 0.5) is 0 Å². The van der Waals surface area contributed by atoms with Crippen LogP contribution in [0.2, 0.25) is 0 Å². The van der Waals surface area contributed by atoms with E-state index in [9.17, 15) is 9.59 Å². The quantitative estimate of drug-likeness (QED) is 0.710. The molecule has 0 bridgehead atoms. The fourth-order valence-corrected chi connectivity index (χ4v) is 1.13. The molecule has 1 aromatic rings. The van der Waals surface area contributed by atoms with E-state index in [0.717, 1.165) is 0 Å². The first-order valence-corrected chi connectivity index (χ1v) is 4.23. The van der Waals surface area contributed by atoms with Crippen molar-refractivity contribution in [2.45, 2.75) is 6.04 Å². The molecule has 1 rings (SSSR count). The molecule has 0 radical (unpaired) electrons. The lowest BCUT2D eigenvalue weighted by molar-refractivity contribution is -0.142. The fraction of sp³-hybridized carbons (Fsp3) is 0.200. The predicted molar refractivity (Wildman–Crippen MR) is 52.3 cm³/mol. The van der Waals surface area contributed by atoms with Gasteiger partial charge in [-0.05, 0) is 17.7 Å². The van der Waals surface area contributed by atoms with E-state index in [2.05, 4.69) is 4.74 Å². The summed E-state index contributed by atoms with van der Waals surface area (Å²) in [5.74, 6) is -1.66. The average Bonchev–Trinajstić information content (AvgIpc) is 2.27. The number of hydrogen-bond donors (Lipinski definition) is 2. The van der Waals surface area contributed by atoms with Gasteiger partial charge in [0.1, 0.15) is 6.04 Å². The number of benzene rings is 1. The first-order valence-electron chi connectivity index (χ1n) is 4.23. The topological polar surface area (TPSA) is 89.6 Å². The van der Waals surface area contributed by atoms with Gasteiger partial charge >= 0.3 is 11.9 Å². The van der Waals surface area contributed by atoms with Gasteiger partial charge in [-0.25, -0.2) is 4.79 Å². The number of carbonyl (C=O) groups is 2. The summed E-state index contributed by atoms with van der Waals surface area (Å²) < 4.78 is 4.46. The molecule has 0 spiro atoms. The Kier molecular flexibility index (Phi) is 3.41. The van der Waals surface area contributed by atoms with Crippen molar-refractivity contribution in [1.29, 1.82) is 0 Å². The molecule has 1 aromatic carbocycles. The van der Waals surface area contributed by atoms with Crippen molar-refractivity contribution in [3.8, 4) is 0 Å². The summed E-state index contributed by atoms with van der Waals surface area (Å²) in [6.07, 6.45) is 0. The number of methoxy groups -OCH3 is 1. The Balaban J connectivity index is 3.00.